The number of hydrogen-bond acceptors (Lipinski definition) is 5. The minimum atomic E-state index is -4.43. The molecule has 2 N–H and O–H groups in total. The standard InChI is InChI=1S/C16H21F3N4O3/c17-16(18,19)14(22-8-6-20-7-9-22)11-21-15(24)5-4-12-2-1-3-13(10-12)23(25)26/h1-3,10,14,20H,4-9,11H2,(H,21,24). The summed E-state index contributed by atoms with van der Waals surface area (Å²) in [5.74, 6) is -0.513. The van der Waals surface area contributed by atoms with Gasteiger partial charge < -0.3 is 10.6 Å². The first-order valence-corrected chi connectivity index (χ1v) is 8.29. The van der Waals surface area contributed by atoms with Crippen molar-refractivity contribution in [2.45, 2.75) is 25.1 Å². The van der Waals surface area contributed by atoms with Crippen molar-refractivity contribution in [1.29, 1.82) is 0 Å². The van der Waals surface area contributed by atoms with Crippen molar-refractivity contribution in [3.8, 4) is 0 Å². The summed E-state index contributed by atoms with van der Waals surface area (Å²) in [7, 11) is 0. The molecule has 1 atom stereocenters. The molecule has 26 heavy (non-hydrogen) atoms. The number of alkyl halides is 3. The molecule has 0 bridgehead atoms. The molecule has 0 spiro atoms. The van der Waals surface area contributed by atoms with Crippen LogP contribution < -0.4 is 10.6 Å². The number of nitrogens with zero attached hydrogens (tertiary/aromatic N) is 2. The second-order valence-electron chi connectivity index (χ2n) is 6.07. The average molecular weight is 374 g/mol. The molecule has 7 nitrogen and oxygen atoms in total. The lowest BCUT2D eigenvalue weighted by Crippen LogP contribution is -2.57. The Morgan fingerprint density at radius 3 is 2.65 bits per heavy atom. The smallest absolute Gasteiger partial charge is 0.354 e. The van der Waals surface area contributed by atoms with E-state index in [1.165, 1.54) is 23.1 Å². The summed E-state index contributed by atoms with van der Waals surface area (Å²) in [5.41, 5.74) is 0.502. The van der Waals surface area contributed by atoms with Gasteiger partial charge in [-0.1, -0.05) is 12.1 Å². The van der Waals surface area contributed by atoms with Gasteiger partial charge in [0.15, 0.2) is 0 Å². The fraction of sp³-hybridized carbons (Fsp3) is 0.562. The zero-order valence-corrected chi connectivity index (χ0v) is 14.1. The van der Waals surface area contributed by atoms with Gasteiger partial charge in [0.1, 0.15) is 6.04 Å². The summed E-state index contributed by atoms with van der Waals surface area (Å²) in [5, 5.41) is 16.1. The molecule has 10 heteroatoms. The molecule has 144 valence electrons. The maximum atomic E-state index is 13.2. The summed E-state index contributed by atoms with van der Waals surface area (Å²) in [6.07, 6.45) is -4.24. The molecule has 1 fully saturated rings. The number of piperazine rings is 1. The van der Waals surface area contributed by atoms with E-state index >= 15 is 0 Å². The van der Waals surface area contributed by atoms with Gasteiger partial charge in [0.25, 0.3) is 5.69 Å². The molecule has 1 unspecified atom stereocenters. The molecule has 1 aromatic carbocycles. The third-order valence-electron chi connectivity index (χ3n) is 4.22. The Bertz CT molecular complexity index is 633. The second kappa shape index (κ2) is 8.95. The van der Waals surface area contributed by atoms with Crippen LogP contribution in [0, 0.1) is 10.1 Å². The molecule has 0 saturated carbocycles. The zero-order chi connectivity index (χ0) is 19.2. The number of non-ortho nitro benzene ring substituents is 1. The van der Waals surface area contributed by atoms with Crippen LogP contribution in [0.2, 0.25) is 0 Å². The number of nitrogens with one attached hydrogen (secondary N) is 2. The lowest BCUT2D eigenvalue weighted by molar-refractivity contribution is -0.384. The van der Waals surface area contributed by atoms with Gasteiger partial charge in [-0.3, -0.25) is 19.8 Å². The van der Waals surface area contributed by atoms with Crippen LogP contribution in [0.5, 0.6) is 0 Å². The molecule has 2 rings (SSSR count). The molecular weight excluding hydrogens is 353 g/mol. The van der Waals surface area contributed by atoms with Crippen molar-refractivity contribution in [3.63, 3.8) is 0 Å². The predicted octanol–water partition coefficient (Wildman–Crippen LogP) is 1.48. The lowest BCUT2D eigenvalue weighted by Gasteiger charge is -2.35. The number of hydrogen-bond donors (Lipinski definition) is 2. The number of nitro groups is 1. The number of nitro benzene ring substituents is 1. The van der Waals surface area contributed by atoms with E-state index in [4.69, 9.17) is 0 Å². The van der Waals surface area contributed by atoms with Crippen LogP contribution in [0.1, 0.15) is 12.0 Å². The Hall–Kier alpha value is -2.20. The van der Waals surface area contributed by atoms with Crippen LogP contribution >= 0.6 is 0 Å². The SMILES string of the molecule is O=C(CCc1cccc([N+](=O)[O-])c1)NCC(N1CCNCC1)C(F)(F)F. The number of carbonyl (C=O) groups excluding carboxylic acids is 1. The first-order chi connectivity index (χ1) is 12.3. The van der Waals surface area contributed by atoms with Gasteiger partial charge >= 0.3 is 6.18 Å². The van der Waals surface area contributed by atoms with Crippen molar-refractivity contribution < 1.29 is 22.9 Å². The monoisotopic (exact) mass is 374 g/mol. The maximum absolute atomic E-state index is 13.2. The number of benzene rings is 1. The van der Waals surface area contributed by atoms with Crippen molar-refractivity contribution in [1.82, 2.24) is 15.5 Å². The van der Waals surface area contributed by atoms with Crippen molar-refractivity contribution in [2.24, 2.45) is 0 Å². The Labute approximate surface area is 148 Å². The number of rotatable bonds is 7. The van der Waals surface area contributed by atoms with E-state index in [1.54, 1.807) is 6.07 Å². The topological polar surface area (TPSA) is 87.5 Å². The molecule has 1 aliphatic heterocycles. The van der Waals surface area contributed by atoms with E-state index < -0.39 is 29.6 Å². The largest absolute Gasteiger partial charge is 0.405 e. The van der Waals surface area contributed by atoms with E-state index in [1.807, 2.05) is 0 Å². The van der Waals surface area contributed by atoms with E-state index in [9.17, 15) is 28.1 Å². The van der Waals surface area contributed by atoms with E-state index in [0.717, 1.165) is 0 Å². The first kappa shape index (κ1) is 20.1. The van der Waals surface area contributed by atoms with Gasteiger partial charge in [0.2, 0.25) is 5.91 Å². The molecule has 1 saturated heterocycles. The molecule has 0 radical (unpaired) electrons. The Balaban J connectivity index is 1.86. The highest BCUT2D eigenvalue weighted by molar-refractivity contribution is 5.76. The maximum Gasteiger partial charge on any atom is 0.405 e. The Morgan fingerprint density at radius 2 is 2.04 bits per heavy atom. The molecule has 1 aliphatic rings. The molecule has 1 heterocycles. The van der Waals surface area contributed by atoms with Crippen LogP contribution in [-0.4, -0.2) is 60.7 Å². The van der Waals surface area contributed by atoms with Gasteiger partial charge in [0, 0.05) is 51.3 Å². The van der Waals surface area contributed by atoms with Gasteiger partial charge in [-0.05, 0) is 12.0 Å². The van der Waals surface area contributed by atoms with Crippen molar-refractivity contribution >= 4 is 11.6 Å². The first-order valence-electron chi connectivity index (χ1n) is 8.29. The molecule has 1 amide bonds. The lowest BCUT2D eigenvalue weighted by atomic mass is 10.1. The van der Waals surface area contributed by atoms with Gasteiger partial charge in [-0.15, -0.1) is 0 Å². The number of halogens is 3. The minimum Gasteiger partial charge on any atom is -0.354 e. The highest BCUT2D eigenvalue weighted by Gasteiger charge is 2.43. The summed E-state index contributed by atoms with van der Waals surface area (Å²) < 4.78 is 39.7. The summed E-state index contributed by atoms with van der Waals surface area (Å²) in [6, 6.07) is 4.12. The Morgan fingerprint density at radius 1 is 1.35 bits per heavy atom. The van der Waals surface area contributed by atoms with E-state index in [0.29, 0.717) is 18.7 Å². The highest BCUT2D eigenvalue weighted by atomic mass is 19.4. The summed E-state index contributed by atoms with van der Waals surface area (Å²) >= 11 is 0. The van der Waals surface area contributed by atoms with E-state index in [2.05, 4.69) is 10.6 Å². The minimum absolute atomic E-state index is 0.0344. The van der Waals surface area contributed by atoms with Gasteiger partial charge in [-0.2, -0.15) is 13.2 Å². The van der Waals surface area contributed by atoms with Crippen LogP contribution in [-0.2, 0) is 11.2 Å². The zero-order valence-electron chi connectivity index (χ0n) is 14.1. The van der Waals surface area contributed by atoms with Crippen LogP contribution in [0.4, 0.5) is 18.9 Å². The van der Waals surface area contributed by atoms with Gasteiger partial charge in [-0.25, -0.2) is 0 Å². The van der Waals surface area contributed by atoms with Crippen LogP contribution in [0.25, 0.3) is 0 Å². The highest BCUT2D eigenvalue weighted by Crippen LogP contribution is 2.24. The predicted molar refractivity (Wildman–Crippen MR) is 88.7 cm³/mol. The molecule has 0 aliphatic carbocycles. The third kappa shape index (κ3) is 5.95. The summed E-state index contributed by atoms with van der Waals surface area (Å²) in [4.78, 5) is 23.4. The quantitative estimate of drug-likeness (QED) is 0.558. The van der Waals surface area contributed by atoms with Gasteiger partial charge in [0.05, 0.1) is 4.92 Å². The Kier molecular flexibility index (Phi) is 6.92. The number of carbonyl (C=O) groups is 1. The molecule has 0 aromatic heterocycles. The summed E-state index contributed by atoms with van der Waals surface area (Å²) in [6.45, 7) is 0.999. The van der Waals surface area contributed by atoms with Crippen molar-refractivity contribution in [3.05, 3.63) is 39.9 Å². The average Bonchev–Trinajstić information content (AvgIpc) is 2.60. The van der Waals surface area contributed by atoms with E-state index in [-0.39, 0.29) is 31.6 Å². The number of aryl methyl sites for hydroxylation is 1. The fourth-order valence-electron chi connectivity index (χ4n) is 2.83. The second-order valence-corrected chi connectivity index (χ2v) is 6.07. The molecular formula is C16H21F3N4O3. The normalized spacial score (nSPS) is 16.9. The van der Waals surface area contributed by atoms with Crippen LogP contribution in [0.15, 0.2) is 24.3 Å². The number of amides is 1. The van der Waals surface area contributed by atoms with Crippen LogP contribution in [0.3, 0.4) is 0 Å². The fourth-order valence-corrected chi connectivity index (χ4v) is 2.83. The molecule has 1 aromatic rings. The third-order valence-corrected chi connectivity index (χ3v) is 4.22. The van der Waals surface area contributed by atoms with Crippen molar-refractivity contribution in [2.75, 3.05) is 32.7 Å².